The lowest BCUT2D eigenvalue weighted by Crippen LogP contribution is -1.93. The van der Waals surface area contributed by atoms with Crippen LogP contribution in [0.2, 0.25) is 0 Å². The van der Waals surface area contributed by atoms with Crippen LogP contribution in [0, 0.1) is 11.3 Å². The normalized spacial score (nSPS) is 10.2. The number of fused-ring (bicyclic) bond motifs is 1. The third-order valence-corrected chi connectivity index (χ3v) is 2.84. The summed E-state index contributed by atoms with van der Waals surface area (Å²) in [5.74, 6) is 1.12. The fourth-order valence-corrected chi connectivity index (χ4v) is 1.91. The number of hydrogen-bond acceptors (Lipinski definition) is 5. The Morgan fingerprint density at radius 3 is 2.85 bits per heavy atom. The van der Waals surface area contributed by atoms with Gasteiger partial charge < -0.3 is 10.5 Å². The van der Waals surface area contributed by atoms with E-state index in [4.69, 9.17) is 15.7 Å². The quantitative estimate of drug-likeness (QED) is 0.718. The molecule has 0 aliphatic carbocycles. The molecular weight excluding hydrogens is 252 g/mol. The average Bonchev–Trinajstić information content (AvgIpc) is 2.51. The van der Waals surface area contributed by atoms with Gasteiger partial charge in [-0.2, -0.15) is 5.26 Å². The van der Waals surface area contributed by atoms with Gasteiger partial charge in [-0.3, -0.25) is 4.98 Å². The van der Waals surface area contributed by atoms with Crippen molar-refractivity contribution in [2.45, 2.75) is 0 Å². The molecule has 2 N–H and O–H groups in total. The number of benzene rings is 1. The van der Waals surface area contributed by atoms with Crippen molar-refractivity contribution in [1.82, 2.24) is 9.97 Å². The van der Waals surface area contributed by atoms with Crippen LogP contribution in [0.3, 0.4) is 0 Å². The first kappa shape index (κ1) is 11.9. The van der Waals surface area contributed by atoms with Gasteiger partial charge in [0.1, 0.15) is 23.0 Å². The highest BCUT2D eigenvalue weighted by Crippen LogP contribution is 2.31. The van der Waals surface area contributed by atoms with Crippen LogP contribution in [0.25, 0.3) is 10.9 Å². The maximum absolute atomic E-state index is 8.84. The molecule has 0 spiro atoms. The second-order valence-electron chi connectivity index (χ2n) is 4.14. The molecule has 5 heteroatoms. The van der Waals surface area contributed by atoms with E-state index in [1.807, 2.05) is 18.2 Å². The SMILES string of the molecule is N#Cc1cc(Oc2ccc(N)c3cccnc23)ccn1. The minimum atomic E-state index is 0.301. The summed E-state index contributed by atoms with van der Waals surface area (Å²) in [6.45, 7) is 0. The minimum Gasteiger partial charge on any atom is -0.455 e. The number of nitrogen functional groups attached to an aromatic ring is 1. The van der Waals surface area contributed by atoms with E-state index in [-0.39, 0.29) is 0 Å². The maximum atomic E-state index is 8.84. The highest BCUT2D eigenvalue weighted by molar-refractivity contribution is 5.94. The van der Waals surface area contributed by atoms with Crippen molar-refractivity contribution in [2.75, 3.05) is 5.73 Å². The van der Waals surface area contributed by atoms with Crippen molar-refractivity contribution >= 4 is 16.6 Å². The van der Waals surface area contributed by atoms with E-state index in [0.717, 1.165) is 5.39 Å². The van der Waals surface area contributed by atoms with E-state index in [9.17, 15) is 0 Å². The number of pyridine rings is 2. The molecule has 20 heavy (non-hydrogen) atoms. The molecule has 0 fully saturated rings. The predicted molar refractivity (Wildman–Crippen MR) is 75.2 cm³/mol. The van der Waals surface area contributed by atoms with E-state index < -0.39 is 0 Å². The van der Waals surface area contributed by atoms with E-state index in [1.54, 1.807) is 30.5 Å². The fraction of sp³-hybridized carbons (Fsp3) is 0. The van der Waals surface area contributed by atoms with Crippen molar-refractivity contribution in [3.05, 3.63) is 54.5 Å². The van der Waals surface area contributed by atoms with Crippen LogP contribution in [-0.2, 0) is 0 Å². The lowest BCUT2D eigenvalue weighted by Gasteiger charge is -2.09. The number of nitrogens with zero attached hydrogens (tertiary/aromatic N) is 3. The number of aromatic nitrogens is 2. The molecule has 2 heterocycles. The van der Waals surface area contributed by atoms with Gasteiger partial charge in [-0.1, -0.05) is 0 Å². The Hall–Kier alpha value is -3.13. The largest absolute Gasteiger partial charge is 0.455 e. The monoisotopic (exact) mass is 262 g/mol. The van der Waals surface area contributed by atoms with Gasteiger partial charge >= 0.3 is 0 Å². The second-order valence-corrected chi connectivity index (χ2v) is 4.14. The zero-order valence-electron chi connectivity index (χ0n) is 10.4. The molecular formula is C15H10N4O. The van der Waals surface area contributed by atoms with Crippen molar-refractivity contribution < 1.29 is 4.74 Å². The van der Waals surface area contributed by atoms with Gasteiger partial charge in [0, 0.05) is 29.5 Å². The highest BCUT2D eigenvalue weighted by atomic mass is 16.5. The molecule has 0 unspecified atom stereocenters. The van der Waals surface area contributed by atoms with E-state index in [0.29, 0.717) is 28.4 Å². The van der Waals surface area contributed by atoms with E-state index in [2.05, 4.69) is 9.97 Å². The molecule has 0 aliphatic heterocycles. The smallest absolute Gasteiger partial charge is 0.153 e. The third-order valence-electron chi connectivity index (χ3n) is 2.84. The molecule has 1 aromatic carbocycles. The number of nitrogens with two attached hydrogens (primary N) is 1. The van der Waals surface area contributed by atoms with Crippen LogP contribution in [0.4, 0.5) is 5.69 Å². The van der Waals surface area contributed by atoms with Crippen LogP contribution in [0.15, 0.2) is 48.8 Å². The minimum absolute atomic E-state index is 0.301. The summed E-state index contributed by atoms with van der Waals surface area (Å²) in [5, 5.41) is 9.67. The summed E-state index contributed by atoms with van der Waals surface area (Å²) in [4.78, 5) is 8.19. The molecule has 0 atom stereocenters. The van der Waals surface area contributed by atoms with Gasteiger partial charge in [0.05, 0.1) is 0 Å². The molecule has 0 amide bonds. The number of hydrogen-bond donors (Lipinski definition) is 1. The van der Waals surface area contributed by atoms with Crippen LogP contribution in [0.5, 0.6) is 11.5 Å². The van der Waals surface area contributed by atoms with Crippen LogP contribution < -0.4 is 10.5 Å². The van der Waals surface area contributed by atoms with E-state index in [1.165, 1.54) is 6.20 Å². The van der Waals surface area contributed by atoms with Gasteiger partial charge in [0.25, 0.3) is 0 Å². The maximum Gasteiger partial charge on any atom is 0.153 e. The summed E-state index contributed by atoms with van der Waals surface area (Å²) in [6, 6.07) is 12.5. The van der Waals surface area contributed by atoms with Crippen LogP contribution in [-0.4, -0.2) is 9.97 Å². The molecule has 0 saturated heterocycles. The molecule has 3 aromatic rings. The van der Waals surface area contributed by atoms with Gasteiger partial charge in [-0.25, -0.2) is 4.98 Å². The Kier molecular flexibility index (Phi) is 2.90. The van der Waals surface area contributed by atoms with Gasteiger partial charge in [-0.05, 0) is 30.3 Å². The Bertz CT molecular complexity index is 823. The zero-order chi connectivity index (χ0) is 13.9. The lowest BCUT2D eigenvalue weighted by molar-refractivity contribution is 0.486. The Balaban J connectivity index is 2.07. The summed E-state index contributed by atoms with van der Waals surface area (Å²) < 4.78 is 5.78. The first-order chi connectivity index (χ1) is 9.78. The molecule has 0 saturated carbocycles. The Labute approximate surface area is 115 Å². The second kappa shape index (κ2) is 4.86. The Morgan fingerprint density at radius 1 is 1.10 bits per heavy atom. The van der Waals surface area contributed by atoms with Gasteiger partial charge in [0.2, 0.25) is 0 Å². The number of anilines is 1. The number of ether oxygens (including phenoxy) is 1. The first-order valence-corrected chi connectivity index (χ1v) is 5.95. The highest BCUT2D eigenvalue weighted by Gasteiger charge is 2.07. The molecule has 96 valence electrons. The fourth-order valence-electron chi connectivity index (χ4n) is 1.91. The number of rotatable bonds is 2. The van der Waals surface area contributed by atoms with E-state index >= 15 is 0 Å². The standard InChI is InChI=1S/C15H10N4O/c16-9-10-8-11(5-7-18-10)20-14-4-3-13(17)12-2-1-6-19-15(12)14/h1-8H,17H2. The third kappa shape index (κ3) is 2.10. The van der Waals surface area contributed by atoms with Crippen molar-refractivity contribution in [1.29, 1.82) is 5.26 Å². The molecule has 5 nitrogen and oxygen atoms in total. The average molecular weight is 262 g/mol. The summed E-state index contributed by atoms with van der Waals surface area (Å²) in [5.41, 5.74) is 7.55. The van der Waals surface area contributed by atoms with Crippen molar-refractivity contribution in [2.24, 2.45) is 0 Å². The summed E-state index contributed by atoms with van der Waals surface area (Å²) in [6.07, 6.45) is 3.21. The first-order valence-electron chi connectivity index (χ1n) is 5.95. The van der Waals surface area contributed by atoms with Crippen LogP contribution >= 0.6 is 0 Å². The molecule has 3 rings (SSSR count). The van der Waals surface area contributed by atoms with Crippen molar-refractivity contribution in [3.63, 3.8) is 0 Å². The molecule has 0 bridgehead atoms. The van der Waals surface area contributed by atoms with Crippen LogP contribution in [0.1, 0.15) is 5.69 Å². The Morgan fingerprint density at radius 2 is 2.00 bits per heavy atom. The lowest BCUT2D eigenvalue weighted by atomic mass is 10.1. The number of nitriles is 1. The van der Waals surface area contributed by atoms with Crippen molar-refractivity contribution in [3.8, 4) is 17.6 Å². The predicted octanol–water partition coefficient (Wildman–Crippen LogP) is 2.88. The molecule has 2 aromatic heterocycles. The van der Waals surface area contributed by atoms with Gasteiger partial charge in [0.15, 0.2) is 5.75 Å². The van der Waals surface area contributed by atoms with Gasteiger partial charge in [-0.15, -0.1) is 0 Å². The topological polar surface area (TPSA) is 84.8 Å². The zero-order valence-corrected chi connectivity index (χ0v) is 10.4. The summed E-state index contributed by atoms with van der Waals surface area (Å²) >= 11 is 0. The summed E-state index contributed by atoms with van der Waals surface area (Å²) in [7, 11) is 0. The molecule has 0 aliphatic rings. The molecule has 0 radical (unpaired) electrons.